The molecule has 4 nitrogen and oxygen atoms in total. The smallest absolute Gasteiger partial charge is 0.266 e. The largest absolute Gasteiger partial charge is 0.317 e. The molecule has 1 aromatic heterocycles. The van der Waals surface area contributed by atoms with Gasteiger partial charge in [0.15, 0.2) is 5.17 Å². The number of likely N-dealkylation sites (N-methyl/N-ethyl adjacent to an activating group) is 1. The number of aliphatic imine (C=N–C) groups is 1. The Morgan fingerprint density at radius 2 is 1.78 bits per heavy atom. The van der Waals surface area contributed by atoms with Crippen molar-refractivity contribution in [3.63, 3.8) is 0 Å². The van der Waals surface area contributed by atoms with E-state index in [2.05, 4.69) is 61.5 Å². The molecule has 1 saturated heterocycles. The number of amides is 1. The predicted molar refractivity (Wildman–Crippen MR) is 116 cm³/mol. The summed E-state index contributed by atoms with van der Waals surface area (Å²) in [7, 11) is 0. The Bertz CT molecular complexity index is 932. The van der Waals surface area contributed by atoms with Crippen LogP contribution >= 0.6 is 11.8 Å². The topological polar surface area (TPSA) is 37.6 Å². The van der Waals surface area contributed by atoms with Gasteiger partial charge < -0.3 is 4.57 Å². The number of nitrogens with zero attached hydrogens (tertiary/aromatic N) is 3. The Morgan fingerprint density at radius 3 is 2.37 bits per heavy atom. The Morgan fingerprint density at radius 1 is 1.11 bits per heavy atom. The van der Waals surface area contributed by atoms with E-state index in [0.29, 0.717) is 13.1 Å². The summed E-state index contributed by atoms with van der Waals surface area (Å²) >= 11 is 1.48. The summed E-state index contributed by atoms with van der Waals surface area (Å²) in [5.41, 5.74) is 7.12. The summed E-state index contributed by atoms with van der Waals surface area (Å²) < 4.78 is 2.29. The Labute approximate surface area is 166 Å². The third-order valence-electron chi connectivity index (χ3n) is 4.92. The number of rotatable bonds is 4. The molecule has 0 bridgehead atoms. The quantitative estimate of drug-likeness (QED) is 0.697. The minimum atomic E-state index is 0.0478. The number of hydrogen-bond donors (Lipinski definition) is 0. The van der Waals surface area contributed by atoms with Gasteiger partial charge in [-0.3, -0.25) is 14.7 Å². The molecule has 0 saturated carbocycles. The van der Waals surface area contributed by atoms with Gasteiger partial charge in [-0.15, -0.1) is 0 Å². The number of benzene rings is 1. The van der Waals surface area contributed by atoms with Crippen LogP contribution in [0.1, 0.15) is 41.9 Å². The fourth-order valence-electron chi connectivity index (χ4n) is 3.62. The Hall–Kier alpha value is -2.27. The highest BCUT2D eigenvalue weighted by Gasteiger charge is 2.32. The van der Waals surface area contributed by atoms with Crippen LogP contribution in [-0.2, 0) is 4.79 Å². The molecule has 1 aliphatic rings. The standard InChI is InChI=1S/C22H27N3OS/c1-7-23-22-24(8-2)21(26)19(27-22)13-18-12-16(5)25(17(18)6)20-14(3)10-9-11-15(20)4/h9-13H,7-8H2,1-6H3/b19-13+,23-22?. The highest BCUT2D eigenvalue weighted by Crippen LogP contribution is 2.34. The molecule has 0 aliphatic carbocycles. The second kappa shape index (κ2) is 7.77. The zero-order chi connectivity index (χ0) is 19.7. The van der Waals surface area contributed by atoms with Gasteiger partial charge in [-0.2, -0.15) is 0 Å². The van der Waals surface area contributed by atoms with Crippen molar-refractivity contribution in [3.8, 4) is 5.69 Å². The Balaban J connectivity index is 2.07. The predicted octanol–water partition coefficient (Wildman–Crippen LogP) is 5.02. The number of aromatic nitrogens is 1. The van der Waals surface area contributed by atoms with E-state index in [0.717, 1.165) is 21.3 Å². The molecule has 0 spiro atoms. The molecule has 0 radical (unpaired) electrons. The van der Waals surface area contributed by atoms with Crippen LogP contribution in [0.2, 0.25) is 0 Å². The number of thioether (sulfide) groups is 1. The van der Waals surface area contributed by atoms with Crippen molar-refractivity contribution in [2.24, 2.45) is 4.99 Å². The van der Waals surface area contributed by atoms with Crippen molar-refractivity contribution in [2.75, 3.05) is 13.1 Å². The van der Waals surface area contributed by atoms with Crippen molar-refractivity contribution in [1.82, 2.24) is 9.47 Å². The van der Waals surface area contributed by atoms with E-state index < -0.39 is 0 Å². The van der Waals surface area contributed by atoms with Crippen molar-refractivity contribution in [3.05, 3.63) is 57.2 Å². The van der Waals surface area contributed by atoms with Crippen LogP contribution in [0.5, 0.6) is 0 Å². The number of aryl methyl sites for hydroxylation is 3. The third-order valence-corrected chi connectivity index (χ3v) is 5.96. The first-order chi connectivity index (χ1) is 12.9. The lowest BCUT2D eigenvalue weighted by molar-refractivity contribution is -0.122. The second-order valence-electron chi connectivity index (χ2n) is 6.82. The summed E-state index contributed by atoms with van der Waals surface area (Å²) in [5.74, 6) is 0.0478. The molecule has 142 valence electrons. The van der Waals surface area contributed by atoms with Gasteiger partial charge >= 0.3 is 0 Å². The van der Waals surface area contributed by atoms with Gasteiger partial charge in [0.2, 0.25) is 0 Å². The summed E-state index contributed by atoms with van der Waals surface area (Å²) in [6.45, 7) is 13.8. The number of para-hydroxylation sites is 1. The van der Waals surface area contributed by atoms with E-state index in [1.54, 1.807) is 4.90 Å². The van der Waals surface area contributed by atoms with Crippen molar-refractivity contribution in [1.29, 1.82) is 0 Å². The molecule has 1 aliphatic heterocycles. The molecule has 5 heteroatoms. The van der Waals surface area contributed by atoms with E-state index >= 15 is 0 Å². The van der Waals surface area contributed by atoms with Gasteiger partial charge in [-0.1, -0.05) is 18.2 Å². The van der Waals surface area contributed by atoms with Gasteiger partial charge in [0.25, 0.3) is 5.91 Å². The third kappa shape index (κ3) is 3.48. The lowest BCUT2D eigenvalue weighted by Gasteiger charge is -2.15. The molecule has 1 aromatic carbocycles. The van der Waals surface area contributed by atoms with Gasteiger partial charge in [0.1, 0.15) is 0 Å². The van der Waals surface area contributed by atoms with Crippen LogP contribution in [0.25, 0.3) is 11.8 Å². The molecule has 2 heterocycles. The normalized spacial score (nSPS) is 17.6. The fraction of sp³-hybridized carbons (Fsp3) is 0.364. The molecule has 2 aromatic rings. The van der Waals surface area contributed by atoms with Gasteiger partial charge in [0.05, 0.1) is 10.6 Å². The molecular weight excluding hydrogens is 354 g/mol. The van der Waals surface area contributed by atoms with Crippen LogP contribution in [0, 0.1) is 27.7 Å². The first kappa shape index (κ1) is 19.5. The zero-order valence-corrected chi connectivity index (χ0v) is 17.8. The molecular formula is C22H27N3OS. The fourth-order valence-corrected chi connectivity index (χ4v) is 4.71. The minimum Gasteiger partial charge on any atom is -0.317 e. The SMILES string of the molecule is CCN=C1S/C(=C/c2cc(C)n(-c3c(C)cccc3C)c2C)C(=O)N1CC. The van der Waals surface area contributed by atoms with E-state index in [1.165, 1.54) is 34.3 Å². The van der Waals surface area contributed by atoms with Crippen LogP contribution in [0.4, 0.5) is 0 Å². The molecule has 0 atom stereocenters. The van der Waals surface area contributed by atoms with E-state index in [4.69, 9.17) is 0 Å². The highest BCUT2D eigenvalue weighted by atomic mass is 32.2. The van der Waals surface area contributed by atoms with E-state index in [-0.39, 0.29) is 5.91 Å². The molecule has 3 rings (SSSR count). The monoisotopic (exact) mass is 381 g/mol. The number of amidine groups is 1. The summed E-state index contributed by atoms with van der Waals surface area (Å²) in [5, 5.41) is 0.805. The molecule has 0 N–H and O–H groups in total. The highest BCUT2D eigenvalue weighted by molar-refractivity contribution is 8.18. The number of carbonyl (C=O) groups is 1. The minimum absolute atomic E-state index is 0.0478. The van der Waals surface area contributed by atoms with E-state index in [9.17, 15) is 4.79 Å². The average Bonchev–Trinajstić information content (AvgIpc) is 3.06. The summed E-state index contributed by atoms with van der Waals surface area (Å²) in [6, 6.07) is 8.53. The lowest BCUT2D eigenvalue weighted by Crippen LogP contribution is -2.28. The number of carbonyl (C=O) groups excluding carboxylic acids is 1. The molecule has 1 amide bonds. The summed E-state index contributed by atoms with van der Waals surface area (Å²) in [6.07, 6.45) is 2.01. The zero-order valence-electron chi connectivity index (χ0n) is 17.0. The maximum Gasteiger partial charge on any atom is 0.266 e. The van der Waals surface area contributed by atoms with Crippen molar-refractivity contribution < 1.29 is 4.79 Å². The van der Waals surface area contributed by atoms with Crippen LogP contribution in [-0.4, -0.2) is 33.6 Å². The maximum absolute atomic E-state index is 12.8. The van der Waals surface area contributed by atoms with Gasteiger partial charge in [-0.05, 0) is 82.1 Å². The van der Waals surface area contributed by atoms with Crippen LogP contribution in [0.3, 0.4) is 0 Å². The molecule has 0 unspecified atom stereocenters. The second-order valence-corrected chi connectivity index (χ2v) is 7.83. The van der Waals surface area contributed by atoms with Gasteiger partial charge in [-0.25, -0.2) is 0 Å². The van der Waals surface area contributed by atoms with Crippen LogP contribution < -0.4 is 0 Å². The number of hydrogen-bond acceptors (Lipinski definition) is 3. The van der Waals surface area contributed by atoms with E-state index in [1.807, 2.05) is 19.9 Å². The lowest BCUT2D eigenvalue weighted by atomic mass is 10.1. The van der Waals surface area contributed by atoms with Crippen molar-refractivity contribution in [2.45, 2.75) is 41.5 Å². The van der Waals surface area contributed by atoms with Crippen molar-refractivity contribution >= 4 is 28.9 Å². The first-order valence-electron chi connectivity index (χ1n) is 9.40. The maximum atomic E-state index is 12.8. The average molecular weight is 382 g/mol. The Kier molecular flexibility index (Phi) is 5.61. The summed E-state index contributed by atoms with van der Waals surface area (Å²) in [4.78, 5) is 19.7. The molecule has 1 fully saturated rings. The van der Waals surface area contributed by atoms with Crippen LogP contribution in [0.15, 0.2) is 34.2 Å². The first-order valence-corrected chi connectivity index (χ1v) is 10.2. The molecule has 27 heavy (non-hydrogen) atoms. The van der Waals surface area contributed by atoms with Gasteiger partial charge in [0, 0.05) is 24.5 Å².